The molecule has 0 atom stereocenters. The number of aryl methyl sites for hydroxylation is 1. The zero-order valence-corrected chi connectivity index (χ0v) is 14.5. The molecule has 0 spiro atoms. The topological polar surface area (TPSA) is 53.0 Å². The van der Waals surface area contributed by atoms with Crippen LogP contribution in [-0.2, 0) is 11.3 Å². The fourth-order valence-corrected chi connectivity index (χ4v) is 2.50. The van der Waals surface area contributed by atoms with Gasteiger partial charge in [-0.25, -0.2) is 4.98 Å². The van der Waals surface area contributed by atoms with Gasteiger partial charge in [0.05, 0.1) is 23.9 Å². The summed E-state index contributed by atoms with van der Waals surface area (Å²) in [6, 6.07) is 0. The van der Waals surface area contributed by atoms with Gasteiger partial charge in [-0.3, -0.25) is 4.99 Å². The molecule has 0 unspecified atom stereocenters. The number of aliphatic imine (C=N–C) groups is 1. The van der Waals surface area contributed by atoms with Gasteiger partial charge in [0.1, 0.15) is 0 Å². The minimum absolute atomic E-state index is 0.758. The Kier molecular flexibility index (Phi) is 8.26. The molecule has 1 heterocycles. The molecule has 1 N–H and O–H groups in total. The van der Waals surface area contributed by atoms with E-state index in [-0.39, 0.29) is 0 Å². The Hall–Kier alpha value is -1.18. The first kappa shape index (κ1) is 17.9. The Balaban J connectivity index is 2.33. The molecule has 6 nitrogen and oxygen atoms in total. The van der Waals surface area contributed by atoms with Gasteiger partial charge in [0.2, 0.25) is 0 Å². The number of hydrogen-bond acceptors (Lipinski definition) is 5. The van der Waals surface area contributed by atoms with E-state index < -0.39 is 0 Å². The highest BCUT2D eigenvalue weighted by Crippen LogP contribution is 2.09. The smallest absolute Gasteiger partial charge is 0.193 e. The van der Waals surface area contributed by atoms with Crippen molar-refractivity contribution in [2.75, 3.05) is 54.5 Å². The maximum atomic E-state index is 5.07. The molecule has 1 aromatic heterocycles. The lowest BCUT2D eigenvalue weighted by molar-refractivity contribution is 0.162. The normalized spacial score (nSPS) is 12.0. The van der Waals surface area contributed by atoms with Gasteiger partial charge in [0.15, 0.2) is 5.96 Å². The second-order valence-electron chi connectivity index (χ2n) is 4.98. The van der Waals surface area contributed by atoms with E-state index in [1.807, 2.05) is 14.0 Å². The van der Waals surface area contributed by atoms with Crippen molar-refractivity contribution >= 4 is 17.3 Å². The van der Waals surface area contributed by atoms with E-state index in [1.165, 1.54) is 0 Å². The zero-order chi connectivity index (χ0) is 15.7. The first-order valence-corrected chi connectivity index (χ1v) is 7.95. The first-order chi connectivity index (χ1) is 10.1. The Morgan fingerprint density at radius 1 is 1.43 bits per heavy atom. The molecular weight excluding hydrogens is 286 g/mol. The van der Waals surface area contributed by atoms with E-state index in [2.05, 4.69) is 37.5 Å². The molecule has 0 aromatic carbocycles. The standard InChI is InChI=1S/C14H27N5OS/c1-12-17-13(11-21-12)10-19(4)14(15-2)16-6-7-18(3)8-9-20-5/h11H,6-10H2,1-5H3,(H,15,16). The Morgan fingerprint density at radius 3 is 2.76 bits per heavy atom. The van der Waals surface area contributed by atoms with Gasteiger partial charge < -0.3 is 19.9 Å². The summed E-state index contributed by atoms with van der Waals surface area (Å²) >= 11 is 1.68. The van der Waals surface area contributed by atoms with Gasteiger partial charge in [-0.15, -0.1) is 11.3 Å². The fraction of sp³-hybridized carbons (Fsp3) is 0.714. The predicted octanol–water partition coefficient (Wildman–Crippen LogP) is 1.04. The van der Waals surface area contributed by atoms with E-state index in [4.69, 9.17) is 4.74 Å². The second-order valence-corrected chi connectivity index (χ2v) is 6.05. The largest absolute Gasteiger partial charge is 0.383 e. The Labute approximate surface area is 131 Å². The number of methoxy groups -OCH3 is 1. The lowest BCUT2D eigenvalue weighted by Crippen LogP contribution is -2.42. The van der Waals surface area contributed by atoms with E-state index in [1.54, 1.807) is 25.5 Å². The molecule has 0 aliphatic heterocycles. The highest BCUT2D eigenvalue weighted by molar-refractivity contribution is 7.09. The highest BCUT2D eigenvalue weighted by Gasteiger charge is 2.08. The maximum Gasteiger partial charge on any atom is 0.193 e. The van der Waals surface area contributed by atoms with E-state index >= 15 is 0 Å². The average molecular weight is 313 g/mol. The molecule has 0 saturated heterocycles. The third-order valence-corrected chi connectivity index (χ3v) is 3.92. The van der Waals surface area contributed by atoms with Crippen molar-refractivity contribution in [3.05, 3.63) is 16.1 Å². The number of aromatic nitrogens is 1. The lowest BCUT2D eigenvalue weighted by Gasteiger charge is -2.23. The summed E-state index contributed by atoms with van der Waals surface area (Å²) in [5, 5.41) is 6.57. The van der Waals surface area contributed by atoms with Gasteiger partial charge in [0.25, 0.3) is 0 Å². The van der Waals surface area contributed by atoms with Crippen molar-refractivity contribution in [1.29, 1.82) is 0 Å². The summed E-state index contributed by atoms with van der Waals surface area (Å²) in [6.45, 7) is 6.29. The van der Waals surface area contributed by atoms with Crippen molar-refractivity contribution in [1.82, 2.24) is 20.1 Å². The van der Waals surface area contributed by atoms with E-state index in [9.17, 15) is 0 Å². The third kappa shape index (κ3) is 6.88. The number of ether oxygens (including phenoxy) is 1. The number of likely N-dealkylation sites (N-methyl/N-ethyl adjacent to an activating group) is 1. The third-order valence-electron chi connectivity index (χ3n) is 3.09. The number of guanidine groups is 1. The molecule has 0 bridgehead atoms. The molecule has 1 aromatic rings. The number of nitrogens with zero attached hydrogens (tertiary/aromatic N) is 4. The van der Waals surface area contributed by atoms with Crippen LogP contribution in [0.4, 0.5) is 0 Å². The van der Waals surface area contributed by atoms with Crippen molar-refractivity contribution in [3.63, 3.8) is 0 Å². The number of thiazole rings is 1. The van der Waals surface area contributed by atoms with Crippen LogP contribution in [0.25, 0.3) is 0 Å². The van der Waals surface area contributed by atoms with Crippen molar-refractivity contribution in [3.8, 4) is 0 Å². The van der Waals surface area contributed by atoms with Crippen LogP contribution in [0.1, 0.15) is 10.7 Å². The molecule has 21 heavy (non-hydrogen) atoms. The van der Waals surface area contributed by atoms with Crippen LogP contribution in [-0.4, -0.2) is 75.2 Å². The summed E-state index contributed by atoms with van der Waals surface area (Å²) in [4.78, 5) is 13.1. The molecule has 0 radical (unpaired) electrons. The van der Waals surface area contributed by atoms with Gasteiger partial charge in [-0.1, -0.05) is 0 Å². The summed E-state index contributed by atoms with van der Waals surface area (Å²) in [7, 11) is 7.65. The van der Waals surface area contributed by atoms with Gasteiger partial charge in [-0.05, 0) is 14.0 Å². The van der Waals surface area contributed by atoms with Crippen LogP contribution >= 0.6 is 11.3 Å². The molecule has 120 valence electrons. The van der Waals surface area contributed by atoms with Gasteiger partial charge >= 0.3 is 0 Å². The summed E-state index contributed by atoms with van der Waals surface area (Å²) in [5.41, 5.74) is 1.08. The molecule has 0 amide bonds. The van der Waals surface area contributed by atoms with Crippen molar-refractivity contribution in [2.45, 2.75) is 13.5 Å². The van der Waals surface area contributed by atoms with E-state index in [0.29, 0.717) is 0 Å². The summed E-state index contributed by atoms with van der Waals surface area (Å²) in [5.74, 6) is 0.890. The van der Waals surface area contributed by atoms with Crippen LogP contribution in [0.15, 0.2) is 10.4 Å². The minimum atomic E-state index is 0.758. The predicted molar refractivity (Wildman–Crippen MR) is 89.1 cm³/mol. The molecule has 0 fully saturated rings. The van der Waals surface area contributed by atoms with Crippen LogP contribution < -0.4 is 5.32 Å². The fourth-order valence-electron chi connectivity index (χ4n) is 1.90. The molecule has 1 rings (SSSR count). The monoisotopic (exact) mass is 313 g/mol. The molecule has 0 saturated carbocycles. The molecule has 0 aliphatic carbocycles. The molecule has 0 aliphatic rings. The minimum Gasteiger partial charge on any atom is -0.383 e. The molecular formula is C14H27N5OS. The van der Waals surface area contributed by atoms with Crippen molar-refractivity contribution < 1.29 is 4.74 Å². The molecule has 7 heteroatoms. The van der Waals surface area contributed by atoms with Crippen LogP contribution in [0.5, 0.6) is 0 Å². The highest BCUT2D eigenvalue weighted by atomic mass is 32.1. The first-order valence-electron chi connectivity index (χ1n) is 7.07. The van der Waals surface area contributed by atoms with Crippen LogP contribution in [0.2, 0.25) is 0 Å². The van der Waals surface area contributed by atoms with Gasteiger partial charge in [0, 0.05) is 46.2 Å². The SMILES string of the molecule is CN=C(NCCN(C)CCOC)N(C)Cc1csc(C)n1. The quantitative estimate of drug-likeness (QED) is 0.574. The zero-order valence-electron chi connectivity index (χ0n) is 13.7. The Morgan fingerprint density at radius 2 is 2.19 bits per heavy atom. The lowest BCUT2D eigenvalue weighted by atomic mass is 10.4. The van der Waals surface area contributed by atoms with E-state index in [0.717, 1.165) is 49.4 Å². The number of rotatable bonds is 8. The van der Waals surface area contributed by atoms with Gasteiger partial charge in [-0.2, -0.15) is 0 Å². The number of hydrogen-bond donors (Lipinski definition) is 1. The summed E-state index contributed by atoms with van der Waals surface area (Å²) < 4.78 is 5.07. The number of nitrogens with one attached hydrogen (secondary N) is 1. The van der Waals surface area contributed by atoms with Crippen molar-refractivity contribution in [2.24, 2.45) is 4.99 Å². The Bertz CT molecular complexity index is 435. The average Bonchev–Trinajstić information content (AvgIpc) is 2.86. The van der Waals surface area contributed by atoms with Crippen LogP contribution in [0.3, 0.4) is 0 Å². The maximum absolute atomic E-state index is 5.07. The van der Waals surface area contributed by atoms with Crippen LogP contribution in [0, 0.1) is 6.92 Å². The summed E-state index contributed by atoms with van der Waals surface area (Å²) in [6.07, 6.45) is 0. The second kappa shape index (κ2) is 9.70.